The van der Waals surface area contributed by atoms with Crippen LogP contribution < -0.4 is 9.80 Å². The van der Waals surface area contributed by atoms with Crippen LogP contribution in [-0.4, -0.2) is 51.6 Å². The van der Waals surface area contributed by atoms with Crippen LogP contribution in [-0.2, 0) is 4.79 Å². The molecule has 0 saturated carbocycles. The van der Waals surface area contributed by atoms with Crippen molar-refractivity contribution in [1.29, 1.82) is 0 Å². The molecule has 0 saturated heterocycles. The van der Waals surface area contributed by atoms with Gasteiger partial charge in [0, 0.05) is 20.1 Å². The monoisotopic (exact) mass is 265 g/mol. The SMILES string of the molecule is CN(C)CC(=O)N1CCCN(C)c2cc(F)ccc21. The Kier molecular flexibility index (Phi) is 4.04. The Balaban J connectivity index is 2.36. The lowest BCUT2D eigenvalue weighted by atomic mass is 10.2. The number of halogens is 1. The molecule has 104 valence electrons. The fourth-order valence-corrected chi connectivity index (χ4v) is 2.35. The largest absolute Gasteiger partial charge is 0.373 e. The summed E-state index contributed by atoms with van der Waals surface area (Å²) in [6, 6.07) is 4.60. The van der Waals surface area contributed by atoms with Crippen molar-refractivity contribution in [3.63, 3.8) is 0 Å². The maximum atomic E-state index is 13.4. The summed E-state index contributed by atoms with van der Waals surface area (Å²) in [6.07, 6.45) is 0.881. The number of amides is 1. The van der Waals surface area contributed by atoms with Crippen LogP contribution in [0.15, 0.2) is 18.2 Å². The van der Waals surface area contributed by atoms with Crippen molar-refractivity contribution in [1.82, 2.24) is 4.90 Å². The molecule has 1 heterocycles. The van der Waals surface area contributed by atoms with Crippen LogP contribution in [0.1, 0.15) is 6.42 Å². The molecule has 0 spiro atoms. The predicted molar refractivity (Wildman–Crippen MR) is 75.2 cm³/mol. The van der Waals surface area contributed by atoms with E-state index in [9.17, 15) is 9.18 Å². The average molecular weight is 265 g/mol. The van der Waals surface area contributed by atoms with Gasteiger partial charge in [0.2, 0.25) is 5.91 Å². The van der Waals surface area contributed by atoms with Gasteiger partial charge in [-0.15, -0.1) is 0 Å². The minimum atomic E-state index is -0.271. The lowest BCUT2D eigenvalue weighted by molar-refractivity contribution is -0.119. The van der Waals surface area contributed by atoms with Crippen molar-refractivity contribution in [3.8, 4) is 0 Å². The number of fused-ring (bicyclic) bond motifs is 1. The molecule has 2 rings (SSSR count). The van der Waals surface area contributed by atoms with Gasteiger partial charge in [0.1, 0.15) is 5.82 Å². The van der Waals surface area contributed by atoms with Crippen LogP contribution in [0, 0.1) is 5.82 Å². The molecule has 0 bridgehead atoms. The molecule has 0 aromatic heterocycles. The van der Waals surface area contributed by atoms with E-state index in [4.69, 9.17) is 0 Å². The smallest absolute Gasteiger partial charge is 0.241 e. The van der Waals surface area contributed by atoms with E-state index < -0.39 is 0 Å². The number of carbonyl (C=O) groups excluding carboxylic acids is 1. The van der Waals surface area contributed by atoms with Gasteiger partial charge >= 0.3 is 0 Å². The summed E-state index contributed by atoms with van der Waals surface area (Å²) in [6.45, 7) is 1.86. The predicted octanol–water partition coefficient (Wildman–Crippen LogP) is 1.56. The first kappa shape index (κ1) is 13.8. The first-order chi connectivity index (χ1) is 8.99. The van der Waals surface area contributed by atoms with Crippen molar-refractivity contribution in [2.45, 2.75) is 6.42 Å². The van der Waals surface area contributed by atoms with Gasteiger partial charge in [0.15, 0.2) is 0 Å². The summed E-state index contributed by atoms with van der Waals surface area (Å²) in [5, 5.41) is 0. The van der Waals surface area contributed by atoms with Crippen LogP contribution in [0.5, 0.6) is 0 Å². The lowest BCUT2D eigenvalue weighted by Crippen LogP contribution is -2.38. The van der Waals surface area contributed by atoms with Gasteiger partial charge in [-0.05, 0) is 38.7 Å². The van der Waals surface area contributed by atoms with E-state index in [0.717, 1.165) is 24.3 Å². The zero-order valence-corrected chi connectivity index (χ0v) is 11.7. The number of benzene rings is 1. The molecule has 1 amide bonds. The average Bonchev–Trinajstić information content (AvgIpc) is 2.48. The van der Waals surface area contributed by atoms with Crippen LogP contribution in [0.4, 0.5) is 15.8 Å². The topological polar surface area (TPSA) is 26.8 Å². The van der Waals surface area contributed by atoms with Crippen molar-refractivity contribution < 1.29 is 9.18 Å². The van der Waals surface area contributed by atoms with E-state index in [0.29, 0.717) is 13.1 Å². The number of anilines is 2. The Morgan fingerprint density at radius 3 is 2.74 bits per heavy atom. The molecule has 0 fully saturated rings. The van der Waals surface area contributed by atoms with E-state index >= 15 is 0 Å². The van der Waals surface area contributed by atoms with Gasteiger partial charge in [-0.2, -0.15) is 0 Å². The van der Waals surface area contributed by atoms with Crippen LogP contribution in [0.3, 0.4) is 0 Å². The highest BCUT2D eigenvalue weighted by atomic mass is 19.1. The first-order valence-corrected chi connectivity index (χ1v) is 6.45. The number of carbonyl (C=O) groups is 1. The molecule has 0 aliphatic carbocycles. The van der Waals surface area contributed by atoms with Crippen molar-refractivity contribution in [2.24, 2.45) is 0 Å². The van der Waals surface area contributed by atoms with Gasteiger partial charge in [-0.1, -0.05) is 0 Å². The second-order valence-electron chi connectivity index (χ2n) is 5.19. The van der Waals surface area contributed by atoms with E-state index in [1.54, 1.807) is 11.0 Å². The Hall–Kier alpha value is -1.62. The molecule has 0 N–H and O–H groups in total. The van der Waals surface area contributed by atoms with Gasteiger partial charge < -0.3 is 14.7 Å². The number of hydrogen-bond acceptors (Lipinski definition) is 3. The standard InChI is InChI=1S/C14H20FN3O/c1-16(2)10-14(19)18-8-4-7-17(3)13-9-11(15)5-6-12(13)18/h5-6,9H,4,7-8,10H2,1-3H3. The normalized spacial score (nSPS) is 15.4. The highest BCUT2D eigenvalue weighted by Crippen LogP contribution is 2.32. The molecule has 1 aromatic carbocycles. The van der Waals surface area contributed by atoms with E-state index in [1.807, 2.05) is 30.9 Å². The molecule has 0 unspecified atom stereocenters. The quantitative estimate of drug-likeness (QED) is 0.812. The summed E-state index contributed by atoms with van der Waals surface area (Å²) in [7, 11) is 5.67. The zero-order valence-electron chi connectivity index (χ0n) is 11.7. The molecule has 0 radical (unpaired) electrons. The van der Waals surface area contributed by atoms with Crippen molar-refractivity contribution >= 4 is 17.3 Å². The maximum absolute atomic E-state index is 13.4. The molecule has 4 nitrogen and oxygen atoms in total. The van der Waals surface area contributed by atoms with Gasteiger partial charge in [0.05, 0.1) is 17.9 Å². The molecule has 1 aliphatic rings. The van der Waals surface area contributed by atoms with Crippen LogP contribution >= 0.6 is 0 Å². The number of rotatable bonds is 2. The van der Waals surface area contributed by atoms with Crippen molar-refractivity contribution in [2.75, 3.05) is 50.6 Å². The Labute approximate surface area is 113 Å². The van der Waals surface area contributed by atoms with Gasteiger partial charge in [-0.3, -0.25) is 4.79 Å². The summed E-state index contributed by atoms with van der Waals surface area (Å²) >= 11 is 0. The summed E-state index contributed by atoms with van der Waals surface area (Å²) in [5.74, 6) is -0.222. The van der Waals surface area contributed by atoms with E-state index in [2.05, 4.69) is 0 Å². The van der Waals surface area contributed by atoms with E-state index in [1.165, 1.54) is 12.1 Å². The summed E-state index contributed by atoms with van der Waals surface area (Å²) in [4.78, 5) is 17.9. The minimum Gasteiger partial charge on any atom is -0.373 e. The molecule has 1 aliphatic heterocycles. The highest BCUT2D eigenvalue weighted by molar-refractivity contribution is 5.98. The third-order valence-electron chi connectivity index (χ3n) is 3.27. The number of hydrogen-bond donors (Lipinski definition) is 0. The molecule has 0 atom stereocenters. The van der Waals surface area contributed by atoms with Crippen LogP contribution in [0.2, 0.25) is 0 Å². The molecular formula is C14H20FN3O. The second kappa shape index (κ2) is 5.57. The number of nitrogens with zero attached hydrogens (tertiary/aromatic N) is 3. The minimum absolute atomic E-state index is 0.0492. The van der Waals surface area contributed by atoms with Gasteiger partial charge in [-0.25, -0.2) is 4.39 Å². The Morgan fingerprint density at radius 1 is 1.32 bits per heavy atom. The summed E-state index contributed by atoms with van der Waals surface area (Å²) in [5.41, 5.74) is 1.58. The van der Waals surface area contributed by atoms with E-state index in [-0.39, 0.29) is 11.7 Å². The first-order valence-electron chi connectivity index (χ1n) is 6.45. The fourth-order valence-electron chi connectivity index (χ4n) is 2.35. The highest BCUT2D eigenvalue weighted by Gasteiger charge is 2.23. The Bertz CT molecular complexity index is 476. The summed E-state index contributed by atoms with van der Waals surface area (Å²) < 4.78 is 13.4. The third kappa shape index (κ3) is 3.04. The number of likely N-dealkylation sites (N-methyl/N-ethyl adjacent to an activating group) is 1. The molecule has 19 heavy (non-hydrogen) atoms. The molecule has 5 heteroatoms. The van der Waals surface area contributed by atoms with Crippen molar-refractivity contribution in [3.05, 3.63) is 24.0 Å². The second-order valence-corrected chi connectivity index (χ2v) is 5.19. The zero-order chi connectivity index (χ0) is 14.0. The fraction of sp³-hybridized carbons (Fsp3) is 0.500. The van der Waals surface area contributed by atoms with Crippen LogP contribution in [0.25, 0.3) is 0 Å². The maximum Gasteiger partial charge on any atom is 0.241 e. The molecule has 1 aromatic rings. The molecular weight excluding hydrogens is 245 g/mol. The Morgan fingerprint density at radius 2 is 2.05 bits per heavy atom. The third-order valence-corrected chi connectivity index (χ3v) is 3.27. The van der Waals surface area contributed by atoms with Gasteiger partial charge in [0.25, 0.3) is 0 Å². The lowest BCUT2D eigenvalue weighted by Gasteiger charge is -2.25.